The number of carboxylic acid groups (broad SMARTS) is 1. The number of hydrogen-bond donors (Lipinski definition) is 9. The van der Waals surface area contributed by atoms with E-state index >= 15 is 0 Å². The Bertz CT molecular complexity index is 1500. The van der Waals surface area contributed by atoms with E-state index in [9.17, 15) is 50.8 Å². The number of allylic oxidation sites excluding steroid dienone is 2. The molecular formula is C42H68O14. The van der Waals surface area contributed by atoms with E-state index in [1.807, 2.05) is 6.92 Å². The van der Waals surface area contributed by atoms with Gasteiger partial charge >= 0.3 is 5.97 Å². The number of ether oxygens (including phenoxy) is 4. The molecule has 4 saturated carbocycles. The Balaban J connectivity index is 1.10. The first-order valence-corrected chi connectivity index (χ1v) is 21.0. The molecule has 7 aliphatic rings. The number of aliphatic hydroxyl groups is 8. The highest BCUT2D eigenvalue weighted by Crippen LogP contribution is 2.76. The van der Waals surface area contributed by atoms with Crippen molar-refractivity contribution in [3.05, 3.63) is 11.6 Å². The molecule has 14 nitrogen and oxygen atoms in total. The topological polar surface area (TPSA) is 236 Å². The lowest BCUT2D eigenvalue weighted by molar-refractivity contribution is -0.369. The summed E-state index contributed by atoms with van der Waals surface area (Å²) in [7, 11) is 0. The van der Waals surface area contributed by atoms with Gasteiger partial charge in [0.15, 0.2) is 12.6 Å². The summed E-state index contributed by atoms with van der Waals surface area (Å²) in [6.07, 6.45) is -5.71. The predicted octanol–water partition coefficient (Wildman–Crippen LogP) is 1.85. The zero-order valence-electron chi connectivity index (χ0n) is 33.9. The smallest absolute Gasteiger partial charge is 0.310 e. The molecule has 14 heteroatoms. The van der Waals surface area contributed by atoms with Crippen molar-refractivity contribution in [3.63, 3.8) is 0 Å². The normalized spacial score (nSPS) is 54.1. The molecule has 56 heavy (non-hydrogen) atoms. The molecule has 0 radical (unpaired) electrons. The van der Waals surface area contributed by atoms with Crippen LogP contribution >= 0.6 is 0 Å². The average molecular weight is 797 g/mol. The lowest BCUT2D eigenvalue weighted by Crippen LogP contribution is -2.67. The van der Waals surface area contributed by atoms with E-state index in [2.05, 4.69) is 40.7 Å². The third kappa shape index (κ3) is 6.21. The molecule has 9 N–H and O–H groups in total. The Labute approximate surface area is 330 Å². The standard InChI is InChI=1S/C42H68O14/c1-37(2)13-15-42(36(51)52)16-14-40(5)21(22(42)17-37)7-8-26-38(3)11-10-27(39(4,20-45)25(38)9-12-41(26,40)6)55-34-32(50)30(48)33(24(19-44)54-34)56-35-31(49)29(47)28(46)23(18-43)53-35/h7,22-35,43-50H,8-20H2,1-6H3,(H,51,52)/t22-,23+,24+,25+,26+,27-,28+,29-,30+,31+,32+,33+,34-,35-,38-,39+,40+,41+,42-/m0/s1. The second-order valence-corrected chi connectivity index (χ2v) is 20.5. The summed E-state index contributed by atoms with van der Waals surface area (Å²) in [6.45, 7) is 12.2. The lowest BCUT2D eigenvalue weighted by Gasteiger charge is -2.71. The quantitative estimate of drug-likeness (QED) is 0.126. The van der Waals surface area contributed by atoms with Gasteiger partial charge in [0, 0.05) is 5.41 Å². The number of carboxylic acids is 1. The fourth-order valence-electron chi connectivity index (χ4n) is 13.7. The first-order chi connectivity index (χ1) is 26.2. The van der Waals surface area contributed by atoms with Gasteiger partial charge < -0.3 is 64.9 Å². The average Bonchev–Trinajstić information content (AvgIpc) is 3.15. The fraction of sp³-hybridized carbons (Fsp3) is 0.929. The van der Waals surface area contributed by atoms with Gasteiger partial charge in [0.25, 0.3) is 0 Å². The molecule has 0 aromatic rings. The van der Waals surface area contributed by atoms with E-state index in [0.717, 1.165) is 44.9 Å². The van der Waals surface area contributed by atoms with Crippen LogP contribution in [0.3, 0.4) is 0 Å². The minimum atomic E-state index is -1.77. The van der Waals surface area contributed by atoms with Crippen molar-refractivity contribution in [1.82, 2.24) is 0 Å². The van der Waals surface area contributed by atoms with Crippen molar-refractivity contribution in [2.45, 2.75) is 173 Å². The Kier molecular flexibility index (Phi) is 11.3. The predicted molar refractivity (Wildman–Crippen MR) is 199 cm³/mol. The Morgan fingerprint density at radius 2 is 1.36 bits per heavy atom. The number of rotatable bonds is 8. The first kappa shape index (κ1) is 42.8. The fourth-order valence-corrected chi connectivity index (χ4v) is 13.7. The number of hydrogen-bond acceptors (Lipinski definition) is 13. The van der Waals surface area contributed by atoms with E-state index in [1.165, 1.54) is 5.57 Å². The number of aliphatic hydroxyl groups excluding tert-OH is 8. The summed E-state index contributed by atoms with van der Waals surface area (Å²) in [5.41, 5.74) is -0.474. The molecule has 320 valence electrons. The van der Waals surface area contributed by atoms with Gasteiger partial charge in [-0.05, 0) is 104 Å². The monoisotopic (exact) mass is 796 g/mol. The van der Waals surface area contributed by atoms with E-state index in [-0.39, 0.29) is 46.0 Å². The molecule has 6 fully saturated rings. The van der Waals surface area contributed by atoms with Crippen LogP contribution in [0.5, 0.6) is 0 Å². The van der Waals surface area contributed by atoms with Crippen LogP contribution in [-0.2, 0) is 23.7 Å². The van der Waals surface area contributed by atoms with E-state index in [1.54, 1.807) is 0 Å². The van der Waals surface area contributed by atoms with Crippen LogP contribution in [0, 0.1) is 50.2 Å². The van der Waals surface area contributed by atoms with Crippen molar-refractivity contribution in [2.75, 3.05) is 19.8 Å². The van der Waals surface area contributed by atoms with Gasteiger partial charge in [-0.1, -0.05) is 53.2 Å². The molecule has 7 rings (SSSR count). The van der Waals surface area contributed by atoms with Crippen molar-refractivity contribution in [1.29, 1.82) is 0 Å². The molecule has 0 spiro atoms. The molecule has 0 bridgehead atoms. The lowest BCUT2D eigenvalue weighted by atomic mass is 9.33. The number of aliphatic carboxylic acids is 1. The molecule has 19 atom stereocenters. The van der Waals surface area contributed by atoms with Gasteiger partial charge in [0.2, 0.25) is 0 Å². The first-order valence-electron chi connectivity index (χ1n) is 21.0. The maximum absolute atomic E-state index is 13.0. The highest BCUT2D eigenvalue weighted by molar-refractivity contribution is 5.76. The third-order valence-corrected chi connectivity index (χ3v) is 17.4. The van der Waals surface area contributed by atoms with Gasteiger partial charge in [-0.2, -0.15) is 0 Å². The van der Waals surface area contributed by atoms with Crippen LogP contribution in [0.15, 0.2) is 11.6 Å². The highest BCUT2D eigenvalue weighted by atomic mass is 16.7. The van der Waals surface area contributed by atoms with Gasteiger partial charge in [0.1, 0.15) is 48.8 Å². The second-order valence-electron chi connectivity index (χ2n) is 20.5. The van der Waals surface area contributed by atoms with Crippen LogP contribution in [-0.4, -0.2) is 139 Å². The molecule has 0 amide bonds. The Morgan fingerprint density at radius 3 is 2.00 bits per heavy atom. The highest BCUT2D eigenvalue weighted by Gasteiger charge is 2.70. The van der Waals surface area contributed by atoms with Gasteiger partial charge in [-0.25, -0.2) is 0 Å². The van der Waals surface area contributed by atoms with Gasteiger partial charge in [0.05, 0.1) is 31.3 Å². The van der Waals surface area contributed by atoms with Crippen LogP contribution < -0.4 is 0 Å². The molecule has 2 heterocycles. The van der Waals surface area contributed by atoms with Crippen LogP contribution in [0.1, 0.15) is 106 Å². The Morgan fingerprint density at radius 1 is 0.732 bits per heavy atom. The molecule has 2 saturated heterocycles. The number of fused-ring (bicyclic) bond motifs is 7. The zero-order chi connectivity index (χ0) is 41.0. The summed E-state index contributed by atoms with van der Waals surface area (Å²) < 4.78 is 23.8. The zero-order valence-corrected chi connectivity index (χ0v) is 33.9. The van der Waals surface area contributed by atoms with E-state index in [0.29, 0.717) is 19.3 Å². The third-order valence-electron chi connectivity index (χ3n) is 17.4. The summed E-state index contributed by atoms with van der Waals surface area (Å²) in [5.74, 6) is -0.324. The SMILES string of the molecule is CC1(C)CC[C@]2(C(=O)O)CC[C@]3(C)C(=CC[C@@H]4[C@@]5(C)CC[C@H](O[C@@H]6O[C@H](CO)[C@@H](O[C@@H]7O[C@H](CO)[C@@H](O)[C@H](O)[C@H]7O)[C@H](O)[C@H]6O)[C@](C)(CO)[C@@H]5CC[C@]43C)[C@@H]2C1. The molecule has 2 aliphatic heterocycles. The van der Waals surface area contributed by atoms with Crippen molar-refractivity contribution >= 4 is 5.97 Å². The molecule has 0 aromatic carbocycles. The summed E-state index contributed by atoms with van der Waals surface area (Å²) >= 11 is 0. The van der Waals surface area contributed by atoms with Crippen molar-refractivity contribution < 1.29 is 69.7 Å². The molecule has 5 aliphatic carbocycles. The van der Waals surface area contributed by atoms with E-state index < -0.39 is 97.5 Å². The summed E-state index contributed by atoms with van der Waals surface area (Å²) in [4.78, 5) is 13.0. The van der Waals surface area contributed by atoms with Crippen LogP contribution in [0.4, 0.5) is 0 Å². The van der Waals surface area contributed by atoms with E-state index in [4.69, 9.17) is 18.9 Å². The minimum Gasteiger partial charge on any atom is -0.481 e. The number of carbonyl (C=O) groups is 1. The summed E-state index contributed by atoms with van der Waals surface area (Å²) in [5, 5.41) is 95.5. The Hall–Kier alpha value is -1.27. The van der Waals surface area contributed by atoms with Crippen LogP contribution in [0.2, 0.25) is 0 Å². The molecule has 0 aromatic heterocycles. The van der Waals surface area contributed by atoms with Gasteiger partial charge in [-0.3, -0.25) is 4.79 Å². The van der Waals surface area contributed by atoms with Crippen molar-refractivity contribution in [3.8, 4) is 0 Å². The van der Waals surface area contributed by atoms with Crippen LogP contribution in [0.25, 0.3) is 0 Å². The maximum atomic E-state index is 13.0. The molecule has 0 unspecified atom stereocenters. The molecular weight excluding hydrogens is 728 g/mol. The maximum Gasteiger partial charge on any atom is 0.310 e. The largest absolute Gasteiger partial charge is 0.481 e. The van der Waals surface area contributed by atoms with Gasteiger partial charge in [-0.15, -0.1) is 0 Å². The second kappa shape index (κ2) is 14.7. The van der Waals surface area contributed by atoms with Crippen molar-refractivity contribution in [2.24, 2.45) is 50.2 Å². The minimum absolute atomic E-state index is 0.0138. The summed E-state index contributed by atoms with van der Waals surface area (Å²) in [6, 6.07) is 0.